The second kappa shape index (κ2) is 3.92. The summed E-state index contributed by atoms with van der Waals surface area (Å²) < 4.78 is 2.15. The lowest BCUT2D eigenvalue weighted by molar-refractivity contribution is 0.0787. The quantitative estimate of drug-likeness (QED) is 0.717. The summed E-state index contributed by atoms with van der Waals surface area (Å²) in [5, 5.41) is 0. The van der Waals surface area contributed by atoms with E-state index in [1.165, 1.54) is 12.8 Å². The van der Waals surface area contributed by atoms with Crippen molar-refractivity contribution in [2.24, 2.45) is 0 Å². The van der Waals surface area contributed by atoms with Gasteiger partial charge in [0.05, 0.1) is 0 Å². The average Bonchev–Trinajstić information content (AvgIpc) is 2.97. The van der Waals surface area contributed by atoms with E-state index in [-0.39, 0.29) is 5.91 Å². The number of amides is 1. The van der Waals surface area contributed by atoms with Crippen molar-refractivity contribution < 1.29 is 4.79 Å². The molecule has 0 saturated carbocycles. The first-order valence-corrected chi connectivity index (χ1v) is 6.20. The molecule has 2 aliphatic rings. The van der Waals surface area contributed by atoms with Crippen molar-refractivity contribution in [1.29, 1.82) is 0 Å². The number of aromatic nitrogens is 2. The summed E-state index contributed by atoms with van der Waals surface area (Å²) in [7, 11) is 0. The SMILES string of the molecule is O=C(c1cn2c(n1)CCCC2)N1CCCC1. The van der Waals surface area contributed by atoms with E-state index in [1.54, 1.807) is 0 Å². The number of nitrogens with zero attached hydrogens (tertiary/aromatic N) is 3. The number of hydrogen-bond donors (Lipinski definition) is 0. The van der Waals surface area contributed by atoms with Gasteiger partial charge in [-0.2, -0.15) is 0 Å². The summed E-state index contributed by atoms with van der Waals surface area (Å²) in [5.41, 5.74) is 0.652. The van der Waals surface area contributed by atoms with E-state index in [0.717, 1.165) is 44.7 Å². The van der Waals surface area contributed by atoms with Crippen LogP contribution in [0.25, 0.3) is 0 Å². The highest BCUT2D eigenvalue weighted by molar-refractivity contribution is 5.92. The Morgan fingerprint density at radius 2 is 1.88 bits per heavy atom. The lowest BCUT2D eigenvalue weighted by Crippen LogP contribution is -2.27. The summed E-state index contributed by atoms with van der Waals surface area (Å²) >= 11 is 0. The molecule has 3 heterocycles. The lowest BCUT2D eigenvalue weighted by Gasteiger charge is -2.12. The lowest BCUT2D eigenvalue weighted by atomic mass is 10.2. The van der Waals surface area contributed by atoms with Gasteiger partial charge in [0, 0.05) is 32.3 Å². The number of hydrogen-bond acceptors (Lipinski definition) is 2. The van der Waals surface area contributed by atoms with Crippen LogP contribution in [-0.2, 0) is 13.0 Å². The van der Waals surface area contributed by atoms with Crippen LogP contribution < -0.4 is 0 Å². The molecule has 0 spiro atoms. The molecule has 1 amide bonds. The number of carbonyl (C=O) groups is 1. The highest BCUT2D eigenvalue weighted by Crippen LogP contribution is 2.17. The van der Waals surface area contributed by atoms with Gasteiger partial charge in [-0.25, -0.2) is 4.98 Å². The van der Waals surface area contributed by atoms with Crippen molar-refractivity contribution in [3.63, 3.8) is 0 Å². The van der Waals surface area contributed by atoms with E-state index in [4.69, 9.17) is 0 Å². The molecule has 0 aliphatic carbocycles. The van der Waals surface area contributed by atoms with Crippen LogP contribution in [0.5, 0.6) is 0 Å². The van der Waals surface area contributed by atoms with E-state index in [2.05, 4.69) is 9.55 Å². The predicted octanol–water partition coefficient (Wildman–Crippen LogP) is 1.46. The van der Waals surface area contributed by atoms with Gasteiger partial charge >= 0.3 is 0 Å². The second-order valence-electron chi connectivity index (χ2n) is 4.69. The Labute approximate surface area is 95.3 Å². The minimum Gasteiger partial charge on any atom is -0.337 e. The van der Waals surface area contributed by atoms with Crippen LogP contribution >= 0.6 is 0 Å². The van der Waals surface area contributed by atoms with Gasteiger partial charge in [0.15, 0.2) is 0 Å². The zero-order valence-electron chi connectivity index (χ0n) is 9.48. The van der Waals surface area contributed by atoms with Crippen molar-refractivity contribution in [3.8, 4) is 0 Å². The maximum absolute atomic E-state index is 12.1. The highest BCUT2D eigenvalue weighted by atomic mass is 16.2. The van der Waals surface area contributed by atoms with Crippen LogP contribution in [0.1, 0.15) is 42.0 Å². The molecule has 1 saturated heterocycles. The van der Waals surface area contributed by atoms with Gasteiger partial charge in [0.1, 0.15) is 11.5 Å². The standard InChI is InChI=1S/C12H17N3O/c16-12(14-6-3-4-7-14)10-9-15-8-2-1-5-11(15)13-10/h9H,1-8H2. The molecule has 3 rings (SSSR count). The molecule has 4 nitrogen and oxygen atoms in total. The Kier molecular flexibility index (Phi) is 2.42. The fourth-order valence-electron chi connectivity index (χ4n) is 2.60. The van der Waals surface area contributed by atoms with Crippen molar-refractivity contribution >= 4 is 5.91 Å². The Morgan fingerprint density at radius 3 is 2.62 bits per heavy atom. The molecule has 0 bridgehead atoms. The number of imidazole rings is 1. The molecular weight excluding hydrogens is 202 g/mol. The molecule has 1 fully saturated rings. The van der Waals surface area contributed by atoms with Crippen molar-refractivity contribution in [3.05, 3.63) is 17.7 Å². The minimum absolute atomic E-state index is 0.124. The number of rotatable bonds is 1. The Hall–Kier alpha value is -1.32. The van der Waals surface area contributed by atoms with Gasteiger partial charge in [0.2, 0.25) is 0 Å². The van der Waals surface area contributed by atoms with Gasteiger partial charge in [0.25, 0.3) is 5.91 Å². The molecule has 1 aromatic rings. The summed E-state index contributed by atoms with van der Waals surface area (Å²) in [6, 6.07) is 0. The topological polar surface area (TPSA) is 38.1 Å². The molecule has 86 valence electrons. The fourth-order valence-corrected chi connectivity index (χ4v) is 2.60. The predicted molar refractivity (Wildman–Crippen MR) is 60.3 cm³/mol. The maximum atomic E-state index is 12.1. The van der Waals surface area contributed by atoms with E-state index in [0.29, 0.717) is 5.69 Å². The first-order valence-electron chi connectivity index (χ1n) is 6.20. The van der Waals surface area contributed by atoms with Gasteiger partial charge in [-0.05, 0) is 25.7 Å². The molecule has 0 aromatic carbocycles. The third-order valence-corrected chi connectivity index (χ3v) is 3.52. The highest BCUT2D eigenvalue weighted by Gasteiger charge is 2.23. The second-order valence-corrected chi connectivity index (χ2v) is 4.69. The van der Waals surface area contributed by atoms with E-state index in [9.17, 15) is 4.79 Å². The van der Waals surface area contributed by atoms with E-state index < -0.39 is 0 Å². The molecule has 0 unspecified atom stereocenters. The smallest absolute Gasteiger partial charge is 0.274 e. The molecule has 1 aromatic heterocycles. The van der Waals surface area contributed by atoms with Crippen LogP contribution in [0, 0.1) is 0 Å². The summed E-state index contributed by atoms with van der Waals surface area (Å²) in [5.74, 6) is 1.22. The molecule has 2 aliphatic heterocycles. The number of aryl methyl sites for hydroxylation is 2. The van der Waals surface area contributed by atoms with E-state index >= 15 is 0 Å². The zero-order chi connectivity index (χ0) is 11.0. The number of likely N-dealkylation sites (tertiary alicyclic amines) is 1. The van der Waals surface area contributed by atoms with Crippen molar-refractivity contribution in [2.75, 3.05) is 13.1 Å². The van der Waals surface area contributed by atoms with Gasteiger partial charge in [-0.15, -0.1) is 0 Å². The summed E-state index contributed by atoms with van der Waals surface area (Å²) in [6.07, 6.45) is 7.65. The molecule has 0 N–H and O–H groups in total. The Bertz CT molecular complexity index is 381. The third-order valence-electron chi connectivity index (χ3n) is 3.52. The first kappa shape index (κ1) is 9.87. The van der Waals surface area contributed by atoms with Crippen LogP contribution in [0.3, 0.4) is 0 Å². The van der Waals surface area contributed by atoms with Crippen LogP contribution in [-0.4, -0.2) is 33.4 Å². The third kappa shape index (κ3) is 1.62. The van der Waals surface area contributed by atoms with Gasteiger partial charge < -0.3 is 9.47 Å². The summed E-state index contributed by atoms with van der Waals surface area (Å²) in [4.78, 5) is 18.5. The van der Waals surface area contributed by atoms with Crippen LogP contribution in [0.2, 0.25) is 0 Å². The molecule has 0 atom stereocenters. The largest absolute Gasteiger partial charge is 0.337 e. The molecule has 16 heavy (non-hydrogen) atoms. The van der Waals surface area contributed by atoms with Crippen LogP contribution in [0.15, 0.2) is 6.20 Å². The monoisotopic (exact) mass is 219 g/mol. The van der Waals surface area contributed by atoms with Gasteiger partial charge in [-0.1, -0.05) is 0 Å². The zero-order valence-corrected chi connectivity index (χ0v) is 9.48. The average molecular weight is 219 g/mol. The molecule has 0 radical (unpaired) electrons. The molecular formula is C12H17N3O. The Morgan fingerprint density at radius 1 is 1.12 bits per heavy atom. The fraction of sp³-hybridized carbons (Fsp3) is 0.667. The number of carbonyl (C=O) groups excluding carboxylic acids is 1. The first-order chi connectivity index (χ1) is 7.84. The van der Waals surface area contributed by atoms with Gasteiger partial charge in [-0.3, -0.25) is 4.79 Å². The van der Waals surface area contributed by atoms with E-state index in [1.807, 2.05) is 11.1 Å². The minimum atomic E-state index is 0.124. The number of fused-ring (bicyclic) bond motifs is 1. The van der Waals surface area contributed by atoms with Crippen LogP contribution in [0.4, 0.5) is 0 Å². The molecule has 4 heteroatoms. The Balaban J connectivity index is 1.83. The maximum Gasteiger partial charge on any atom is 0.274 e. The summed E-state index contributed by atoms with van der Waals surface area (Å²) in [6.45, 7) is 2.83. The normalized spacial score (nSPS) is 19.9. The van der Waals surface area contributed by atoms with Crippen molar-refractivity contribution in [1.82, 2.24) is 14.5 Å². The van der Waals surface area contributed by atoms with Crippen molar-refractivity contribution in [2.45, 2.75) is 38.6 Å².